The van der Waals surface area contributed by atoms with Gasteiger partial charge in [-0.15, -0.1) is 11.3 Å². The molecule has 242 valence electrons. The van der Waals surface area contributed by atoms with Gasteiger partial charge in [-0.3, -0.25) is 15.0 Å². The summed E-state index contributed by atoms with van der Waals surface area (Å²) in [5.41, 5.74) is 1.15. The van der Waals surface area contributed by atoms with Gasteiger partial charge in [0.1, 0.15) is 29.0 Å². The number of hydrogen-bond acceptors (Lipinski definition) is 10. The third-order valence-electron chi connectivity index (χ3n) is 9.96. The molecule has 2 N–H and O–H groups in total. The van der Waals surface area contributed by atoms with Crippen LogP contribution in [-0.4, -0.2) is 98.5 Å². The number of benzene rings is 2. The summed E-state index contributed by atoms with van der Waals surface area (Å²) in [6.45, 7) is 4.95. The molecule has 0 spiro atoms. The number of nitrogens with zero attached hydrogens (tertiary/aromatic N) is 6. The number of aromatic amines is 1. The molecule has 0 bridgehead atoms. The first-order chi connectivity index (χ1) is 22.8. The van der Waals surface area contributed by atoms with Gasteiger partial charge in [-0.05, 0) is 49.9 Å². The molecule has 6 aromatic rings. The van der Waals surface area contributed by atoms with E-state index >= 15 is 0 Å². The van der Waals surface area contributed by atoms with Crippen LogP contribution in [0.1, 0.15) is 26.2 Å². The summed E-state index contributed by atoms with van der Waals surface area (Å²) >= 11 is 8.40. The number of aromatic nitrogens is 5. The Balaban J connectivity index is 1.25. The fourth-order valence-corrected chi connectivity index (χ4v) is 9.36. The molecule has 13 heteroatoms. The molecule has 0 aliphatic carbocycles. The highest BCUT2D eigenvalue weighted by Crippen LogP contribution is 2.47. The van der Waals surface area contributed by atoms with Crippen LogP contribution in [-0.2, 0) is 4.74 Å². The Kier molecular flexibility index (Phi) is 6.85. The van der Waals surface area contributed by atoms with Gasteiger partial charge in [0.05, 0.1) is 52.8 Å². The molecular weight excluding hydrogens is 641 g/mol. The second kappa shape index (κ2) is 10.9. The molecule has 3 fully saturated rings. The second-order valence-corrected chi connectivity index (χ2v) is 14.8. The second-order valence-electron chi connectivity index (χ2n) is 13.4. The zero-order chi connectivity index (χ0) is 31.9. The molecule has 3 aliphatic heterocycles. The predicted molar refractivity (Wildman–Crippen MR) is 183 cm³/mol. The van der Waals surface area contributed by atoms with E-state index < -0.39 is 11.8 Å². The Morgan fingerprint density at radius 3 is 3.04 bits per heavy atom. The lowest BCUT2D eigenvalue weighted by atomic mass is 9.95. The molecule has 0 saturated carbocycles. The zero-order valence-electron chi connectivity index (χ0n) is 25.8. The maximum atomic E-state index is 14.5. The van der Waals surface area contributed by atoms with Crippen molar-refractivity contribution in [1.82, 2.24) is 30.0 Å². The quantitative estimate of drug-likeness (QED) is 0.223. The highest BCUT2D eigenvalue weighted by Gasteiger charge is 2.49. The normalized spacial score (nSPS) is 25.4. The number of nitrogens with one attached hydrogen (secondary N) is 1. The molecule has 47 heavy (non-hydrogen) atoms. The van der Waals surface area contributed by atoms with Crippen molar-refractivity contribution in [2.24, 2.45) is 0 Å². The van der Waals surface area contributed by atoms with Gasteiger partial charge in [-0.2, -0.15) is 15.1 Å². The van der Waals surface area contributed by atoms with Crippen molar-refractivity contribution < 1.29 is 19.0 Å². The van der Waals surface area contributed by atoms with Gasteiger partial charge in [0.2, 0.25) is 0 Å². The molecule has 2 aromatic carbocycles. The molecule has 3 atom stereocenters. The number of halogens is 2. The van der Waals surface area contributed by atoms with Crippen molar-refractivity contribution in [1.29, 1.82) is 0 Å². The Labute approximate surface area is 278 Å². The SMILES string of the molecule is C[C@@]1(O)COCCN(c2nc(OC[C@@]34CCCN3C[C@H](F)C4)nc3sc4c(-c5c6cn[nH]c6cc6cccc(Cl)c56)nccc4c23)C1. The highest BCUT2D eigenvalue weighted by molar-refractivity contribution is 7.26. The number of H-pyrrole nitrogens is 1. The molecule has 0 radical (unpaired) electrons. The number of anilines is 1. The van der Waals surface area contributed by atoms with E-state index in [-0.39, 0.29) is 18.2 Å². The van der Waals surface area contributed by atoms with Gasteiger partial charge in [-0.25, -0.2) is 4.39 Å². The Hall–Kier alpha value is -3.68. The fraction of sp³-hybridized carbons (Fsp3) is 0.412. The largest absolute Gasteiger partial charge is 0.461 e. The number of rotatable bonds is 5. The molecule has 10 nitrogen and oxygen atoms in total. The maximum absolute atomic E-state index is 14.5. The minimum atomic E-state index is -1.08. The minimum Gasteiger partial charge on any atom is -0.461 e. The smallest absolute Gasteiger partial charge is 0.319 e. The molecule has 3 saturated heterocycles. The number of aliphatic hydroxyl groups is 1. The van der Waals surface area contributed by atoms with Gasteiger partial charge >= 0.3 is 6.01 Å². The summed E-state index contributed by atoms with van der Waals surface area (Å²) in [6, 6.07) is 10.2. The van der Waals surface area contributed by atoms with Crippen molar-refractivity contribution in [3.63, 3.8) is 0 Å². The molecule has 4 aromatic heterocycles. The molecular formula is C34H33ClFN7O3S. The standard InChI is InChI=1S/C34H33ClFN7O3S/c1-33(44)16-42(10-11-45-17-33)30-27-21-6-8-37-28(26-22-14-38-41-24(22)12-19-4-2-5-23(35)25(19)26)29(21)47-31(27)40-32(39-30)46-18-34-7-3-9-43(34)15-20(36)13-34/h2,4-6,8,12,14,20,44H,3,7,9-11,13,15-18H2,1H3,(H,38,41)/t20-,33+,34+/m1/s1. The van der Waals surface area contributed by atoms with Crippen LogP contribution in [0.5, 0.6) is 6.01 Å². The third-order valence-corrected chi connectivity index (χ3v) is 11.4. The van der Waals surface area contributed by atoms with Crippen LogP contribution in [0.4, 0.5) is 10.2 Å². The first-order valence-corrected chi connectivity index (χ1v) is 17.2. The van der Waals surface area contributed by atoms with Crippen molar-refractivity contribution in [2.75, 3.05) is 50.9 Å². The molecule has 7 heterocycles. The lowest BCUT2D eigenvalue weighted by Gasteiger charge is -2.31. The Morgan fingerprint density at radius 2 is 2.13 bits per heavy atom. The lowest BCUT2D eigenvalue weighted by Crippen LogP contribution is -2.43. The van der Waals surface area contributed by atoms with E-state index in [1.165, 1.54) is 11.3 Å². The van der Waals surface area contributed by atoms with Crippen LogP contribution in [0.3, 0.4) is 0 Å². The van der Waals surface area contributed by atoms with E-state index in [9.17, 15) is 9.50 Å². The average Bonchev–Trinajstić information content (AvgIpc) is 3.79. The van der Waals surface area contributed by atoms with Crippen LogP contribution in [0.25, 0.3) is 53.2 Å². The van der Waals surface area contributed by atoms with E-state index in [0.717, 1.165) is 72.6 Å². The van der Waals surface area contributed by atoms with Crippen molar-refractivity contribution in [2.45, 2.75) is 43.5 Å². The monoisotopic (exact) mass is 673 g/mol. The first kappa shape index (κ1) is 29.5. The summed E-state index contributed by atoms with van der Waals surface area (Å²) in [7, 11) is 0. The maximum Gasteiger partial charge on any atom is 0.319 e. The summed E-state index contributed by atoms with van der Waals surface area (Å²) in [6.07, 6.45) is 5.15. The highest BCUT2D eigenvalue weighted by atomic mass is 35.5. The fourth-order valence-electron chi connectivity index (χ4n) is 7.93. The van der Waals surface area contributed by atoms with Crippen LogP contribution in [0.15, 0.2) is 42.7 Å². The summed E-state index contributed by atoms with van der Waals surface area (Å²) in [4.78, 5) is 20.0. The Bertz CT molecular complexity index is 2190. The van der Waals surface area contributed by atoms with Crippen LogP contribution in [0, 0.1) is 0 Å². The van der Waals surface area contributed by atoms with E-state index in [1.807, 2.05) is 36.7 Å². The Morgan fingerprint density at radius 1 is 1.21 bits per heavy atom. The van der Waals surface area contributed by atoms with Crippen LogP contribution in [0.2, 0.25) is 5.02 Å². The number of thiophene rings is 1. The average molecular weight is 674 g/mol. The third kappa shape index (κ3) is 4.83. The number of hydrogen-bond donors (Lipinski definition) is 2. The molecule has 0 unspecified atom stereocenters. The van der Waals surface area contributed by atoms with Crippen LogP contribution < -0.4 is 9.64 Å². The first-order valence-electron chi connectivity index (χ1n) is 16.0. The van der Waals surface area contributed by atoms with Gasteiger partial charge in [0.15, 0.2) is 0 Å². The summed E-state index contributed by atoms with van der Waals surface area (Å²) in [5.74, 6) is 0.666. The van der Waals surface area contributed by atoms with Crippen molar-refractivity contribution in [3.8, 4) is 17.3 Å². The molecule has 9 rings (SSSR count). The number of pyridine rings is 1. The topological polar surface area (TPSA) is 113 Å². The summed E-state index contributed by atoms with van der Waals surface area (Å²) in [5, 5.41) is 23.9. The minimum absolute atomic E-state index is 0.227. The van der Waals surface area contributed by atoms with E-state index in [1.54, 1.807) is 6.92 Å². The molecule has 0 amide bonds. The van der Waals surface area contributed by atoms with E-state index in [2.05, 4.69) is 26.1 Å². The molecule has 3 aliphatic rings. The van der Waals surface area contributed by atoms with Crippen molar-refractivity contribution >= 4 is 70.7 Å². The lowest BCUT2D eigenvalue weighted by molar-refractivity contribution is -0.0123. The van der Waals surface area contributed by atoms with E-state index in [4.69, 9.17) is 36.0 Å². The van der Waals surface area contributed by atoms with Gasteiger partial charge in [0.25, 0.3) is 0 Å². The van der Waals surface area contributed by atoms with Gasteiger partial charge < -0.3 is 19.5 Å². The summed E-state index contributed by atoms with van der Waals surface area (Å²) < 4.78 is 27.7. The number of β-amino-alcohol motifs (C(OH)–C–C–N with tert-alkyl or cyclic N) is 1. The zero-order valence-corrected chi connectivity index (χ0v) is 27.4. The number of alkyl halides is 1. The van der Waals surface area contributed by atoms with E-state index in [0.29, 0.717) is 50.1 Å². The van der Waals surface area contributed by atoms with Gasteiger partial charge in [-0.1, -0.05) is 23.7 Å². The number of fused-ring (bicyclic) bond motifs is 6. The van der Waals surface area contributed by atoms with Gasteiger partial charge in [0, 0.05) is 52.5 Å². The number of ether oxygens (including phenoxy) is 2. The predicted octanol–water partition coefficient (Wildman–Crippen LogP) is 6.13. The van der Waals surface area contributed by atoms with Crippen molar-refractivity contribution in [3.05, 3.63) is 47.7 Å². The van der Waals surface area contributed by atoms with Crippen LogP contribution >= 0.6 is 22.9 Å².